The minimum atomic E-state index is -0.138. The van der Waals surface area contributed by atoms with Gasteiger partial charge in [-0.3, -0.25) is 9.59 Å². The van der Waals surface area contributed by atoms with Gasteiger partial charge < -0.3 is 15.2 Å². The maximum Gasteiger partial charge on any atom is 0.258 e. The van der Waals surface area contributed by atoms with E-state index in [9.17, 15) is 9.59 Å². The van der Waals surface area contributed by atoms with Gasteiger partial charge in [0.1, 0.15) is 11.6 Å². The van der Waals surface area contributed by atoms with E-state index in [-0.39, 0.29) is 11.5 Å². The molecule has 30 heavy (non-hydrogen) atoms. The van der Waals surface area contributed by atoms with Crippen LogP contribution in [-0.2, 0) is 17.8 Å². The molecule has 0 radical (unpaired) electrons. The van der Waals surface area contributed by atoms with Crippen molar-refractivity contribution >= 4 is 22.6 Å². The van der Waals surface area contributed by atoms with Crippen molar-refractivity contribution < 1.29 is 4.79 Å². The number of piperidine rings is 1. The standard InChI is InChI=1S/C23H27N5O2/c29-22(10-6-9-20-26-19-8-3-2-7-18(19)23(30)27-20)25-16-17-11-12-21(24-15-17)28-13-4-1-5-14-28/h2-3,7-8,11-12,15H,1,4-6,9-10,13-14,16H2,(H,25,29)(H,26,27,30). The maximum absolute atomic E-state index is 12.2. The first-order valence-corrected chi connectivity index (χ1v) is 10.6. The van der Waals surface area contributed by atoms with Gasteiger partial charge in [-0.2, -0.15) is 0 Å². The number of H-pyrrole nitrogens is 1. The highest BCUT2D eigenvalue weighted by Crippen LogP contribution is 2.17. The lowest BCUT2D eigenvalue weighted by Gasteiger charge is -2.27. The Bertz CT molecular complexity index is 1060. The number of para-hydroxylation sites is 1. The maximum atomic E-state index is 12.2. The average molecular weight is 406 g/mol. The molecule has 0 aliphatic carbocycles. The first-order chi connectivity index (χ1) is 14.7. The molecule has 0 unspecified atom stereocenters. The van der Waals surface area contributed by atoms with E-state index in [1.807, 2.05) is 36.5 Å². The minimum absolute atomic E-state index is 0.0155. The van der Waals surface area contributed by atoms with Crippen LogP contribution in [-0.4, -0.2) is 33.9 Å². The molecule has 0 bridgehead atoms. The number of carbonyl (C=O) groups excluding carboxylic acids is 1. The molecule has 7 heteroatoms. The van der Waals surface area contributed by atoms with Gasteiger partial charge in [0.05, 0.1) is 10.9 Å². The summed E-state index contributed by atoms with van der Waals surface area (Å²) in [4.78, 5) is 38.4. The highest BCUT2D eigenvalue weighted by molar-refractivity contribution is 5.77. The normalized spacial score (nSPS) is 14.1. The molecule has 3 heterocycles. The van der Waals surface area contributed by atoms with Gasteiger partial charge in [0.15, 0.2) is 0 Å². The van der Waals surface area contributed by atoms with Crippen molar-refractivity contribution in [3.8, 4) is 0 Å². The Morgan fingerprint density at radius 3 is 2.73 bits per heavy atom. The third-order valence-electron chi connectivity index (χ3n) is 5.46. The van der Waals surface area contributed by atoms with Gasteiger partial charge >= 0.3 is 0 Å². The van der Waals surface area contributed by atoms with Crippen molar-refractivity contribution in [1.29, 1.82) is 0 Å². The fraction of sp³-hybridized carbons (Fsp3) is 0.391. The summed E-state index contributed by atoms with van der Waals surface area (Å²) in [6, 6.07) is 11.3. The molecule has 1 saturated heterocycles. The highest BCUT2D eigenvalue weighted by atomic mass is 16.1. The smallest absolute Gasteiger partial charge is 0.258 e. The summed E-state index contributed by atoms with van der Waals surface area (Å²) >= 11 is 0. The van der Waals surface area contributed by atoms with E-state index in [4.69, 9.17) is 0 Å². The summed E-state index contributed by atoms with van der Waals surface area (Å²) in [6.07, 6.45) is 7.15. The van der Waals surface area contributed by atoms with E-state index in [2.05, 4.69) is 25.2 Å². The molecule has 0 saturated carbocycles. The Hall–Kier alpha value is -3.22. The van der Waals surface area contributed by atoms with Gasteiger partial charge in [0.2, 0.25) is 5.91 Å². The molecule has 2 N–H and O–H groups in total. The molecule has 2 aromatic heterocycles. The summed E-state index contributed by atoms with van der Waals surface area (Å²) < 4.78 is 0. The van der Waals surface area contributed by atoms with Crippen molar-refractivity contribution in [2.75, 3.05) is 18.0 Å². The van der Waals surface area contributed by atoms with Gasteiger partial charge in [-0.1, -0.05) is 18.2 Å². The van der Waals surface area contributed by atoms with E-state index < -0.39 is 0 Å². The van der Waals surface area contributed by atoms with Crippen LogP contribution in [0.4, 0.5) is 5.82 Å². The van der Waals surface area contributed by atoms with E-state index >= 15 is 0 Å². The molecule has 4 rings (SSSR count). The number of benzene rings is 1. The van der Waals surface area contributed by atoms with Crippen LogP contribution in [0.25, 0.3) is 10.9 Å². The Kier molecular flexibility index (Phi) is 6.37. The average Bonchev–Trinajstić information content (AvgIpc) is 2.79. The minimum Gasteiger partial charge on any atom is -0.357 e. The molecule has 1 fully saturated rings. The monoisotopic (exact) mass is 405 g/mol. The number of pyridine rings is 1. The van der Waals surface area contributed by atoms with Gasteiger partial charge in [0, 0.05) is 38.7 Å². The lowest BCUT2D eigenvalue weighted by atomic mass is 10.1. The number of fused-ring (bicyclic) bond motifs is 1. The summed E-state index contributed by atoms with van der Waals surface area (Å²) in [7, 11) is 0. The predicted molar refractivity (Wildman–Crippen MR) is 117 cm³/mol. The van der Waals surface area contributed by atoms with Crippen LogP contribution >= 0.6 is 0 Å². The quantitative estimate of drug-likeness (QED) is 0.631. The van der Waals surface area contributed by atoms with Crippen LogP contribution in [0.1, 0.15) is 43.5 Å². The molecule has 1 amide bonds. The number of aryl methyl sites for hydroxylation is 1. The van der Waals surface area contributed by atoms with Crippen molar-refractivity contribution in [2.24, 2.45) is 0 Å². The first-order valence-electron chi connectivity index (χ1n) is 10.6. The second kappa shape index (κ2) is 9.52. The largest absolute Gasteiger partial charge is 0.357 e. The molecule has 3 aromatic rings. The zero-order valence-corrected chi connectivity index (χ0v) is 17.1. The second-order valence-electron chi connectivity index (χ2n) is 7.73. The van der Waals surface area contributed by atoms with Gasteiger partial charge in [-0.15, -0.1) is 0 Å². The number of nitrogens with one attached hydrogen (secondary N) is 2. The van der Waals surface area contributed by atoms with Crippen LogP contribution in [0.15, 0.2) is 47.4 Å². The third kappa shape index (κ3) is 5.03. The summed E-state index contributed by atoms with van der Waals surface area (Å²) in [5, 5.41) is 3.52. The number of aromatic nitrogens is 3. The van der Waals surface area contributed by atoms with E-state index in [1.54, 1.807) is 6.07 Å². The number of aromatic amines is 1. The van der Waals surface area contributed by atoms with Crippen LogP contribution in [0, 0.1) is 0 Å². The Morgan fingerprint density at radius 1 is 1.10 bits per heavy atom. The number of hydrogen-bond acceptors (Lipinski definition) is 5. The first kappa shape index (κ1) is 20.1. The lowest BCUT2D eigenvalue weighted by Crippen LogP contribution is -2.30. The summed E-state index contributed by atoms with van der Waals surface area (Å²) in [6.45, 7) is 2.61. The van der Waals surface area contributed by atoms with Crippen LogP contribution < -0.4 is 15.8 Å². The van der Waals surface area contributed by atoms with Crippen molar-refractivity contribution in [1.82, 2.24) is 20.3 Å². The van der Waals surface area contributed by atoms with Crippen molar-refractivity contribution in [2.45, 2.75) is 45.1 Å². The predicted octanol–water partition coefficient (Wildman–Crippen LogP) is 2.95. The number of anilines is 1. The fourth-order valence-corrected chi connectivity index (χ4v) is 3.79. The number of amides is 1. The van der Waals surface area contributed by atoms with E-state index in [0.717, 1.165) is 24.5 Å². The number of rotatable bonds is 7. The SMILES string of the molecule is O=C(CCCc1nc2ccccc2c(=O)[nH]1)NCc1ccc(N2CCCCC2)nc1. The Morgan fingerprint density at radius 2 is 1.93 bits per heavy atom. The zero-order chi connectivity index (χ0) is 20.8. The molecule has 1 aliphatic heterocycles. The van der Waals surface area contributed by atoms with Crippen LogP contribution in [0.2, 0.25) is 0 Å². The van der Waals surface area contributed by atoms with Gasteiger partial charge in [-0.05, 0) is 49.4 Å². The number of carbonyl (C=O) groups is 1. The molecule has 1 aromatic carbocycles. The molecule has 0 spiro atoms. The molecule has 7 nitrogen and oxygen atoms in total. The van der Waals surface area contributed by atoms with Crippen LogP contribution in [0.3, 0.4) is 0 Å². The zero-order valence-electron chi connectivity index (χ0n) is 17.1. The summed E-state index contributed by atoms with van der Waals surface area (Å²) in [5.41, 5.74) is 1.53. The topological polar surface area (TPSA) is 91.0 Å². The molecule has 0 atom stereocenters. The Labute approximate surface area is 175 Å². The Balaban J connectivity index is 1.23. The molecular formula is C23H27N5O2. The highest BCUT2D eigenvalue weighted by Gasteiger charge is 2.12. The van der Waals surface area contributed by atoms with Crippen LogP contribution in [0.5, 0.6) is 0 Å². The molecule has 156 valence electrons. The number of hydrogen-bond donors (Lipinski definition) is 2. The third-order valence-corrected chi connectivity index (χ3v) is 5.46. The second-order valence-corrected chi connectivity index (χ2v) is 7.73. The van der Waals surface area contributed by atoms with E-state index in [1.165, 1.54) is 19.3 Å². The number of nitrogens with zero attached hydrogens (tertiary/aromatic N) is 3. The van der Waals surface area contributed by atoms with E-state index in [0.29, 0.717) is 42.5 Å². The lowest BCUT2D eigenvalue weighted by molar-refractivity contribution is -0.121. The van der Waals surface area contributed by atoms with Crippen molar-refractivity contribution in [3.63, 3.8) is 0 Å². The fourth-order valence-electron chi connectivity index (χ4n) is 3.79. The summed E-state index contributed by atoms with van der Waals surface area (Å²) in [5.74, 6) is 1.61. The molecular weight excluding hydrogens is 378 g/mol. The molecule has 1 aliphatic rings. The van der Waals surface area contributed by atoms with Gasteiger partial charge in [0.25, 0.3) is 5.56 Å². The van der Waals surface area contributed by atoms with Gasteiger partial charge in [-0.25, -0.2) is 9.97 Å². The van der Waals surface area contributed by atoms with Crippen molar-refractivity contribution in [3.05, 3.63) is 64.3 Å².